The lowest BCUT2D eigenvalue weighted by Crippen LogP contribution is -2.32. The summed E-state index contributed by atoms with van der Waals surface area (Å²) in [6, 6.07) is 5.02. The zero-order valence-electron chi connectivity index (χ0n) is 10.4. The Labute approximate surface area is 111 Å². The molecule has 18 heavy (non-hydrogen) atoms. The molecule has 0 saturated carbocycles. The Morgan fingerprint density at radius 2 is 2.28 bits per heavy atom. The summed E-state index contributed by atoms with van der Waals surface area (Å²) in [6.45, 7) is 0. The lowest BCUT2D eigenvalue weighted by atomic mass is 10.1. The Kier molecular flexibility index (Phi) is 3.30. The van der Waals surface area contributed by atoms with Crippen molar-refractivity contribution < 1.29 is 0 Å². The highest BCUT2D eigenvalue weighted by Gasteiger charge is 2.23. The minimum Gasteiger partial charge on any atom is -0.336 e. The molecule has 2 heterocycles. The van der Waals surface area contributed by atoms with Crippen LogP contribution in [-0.4, -0.2) is 15.6 Å². The first kappa shape index (κ1) is 11.7. The van der Waals surface area contributed by atoms with E-state index in [-0.39, 0.29) is 6.04 Å². The van der Waals surface area contributed by atoms with Crippen LogP contribution >= 0.6 is 11.3 Å². The molecule has 0 amide bonds. The minimum absolute atomic E-state index is 0.204. The van der Waals surface area contributed by atoms with E-state index in [1.807, 2.05) is 12.4 Å². The van der Waals surface area contributed by atoms with Crippen LogP contribution in [0, 0.1) is 0 Å². The molecule has 1 unspecified atom stereocenters. The standard InChI is InChI=1S/C14H17N3S/c1-17-9-8-15-14(17)13(12-7-4-10-18-12)16-11-5-2-3-6-11/h2-4,7-11,13,16H,5-6H2,1H3. The predicted octanol–water partition coefficient (Wildman–Crippen LogP) is 2.88. The number of imidazole rings is 1. The molecule has 0 aliphatic heterocycles. The third-order valence-electron chi connectivity index (χ3n) is 3.35. The van der Waals surface area contributed by atoms with Crippen LogP contribution in [0.2, 0.25) is 0 Å². The van der Waals surface area contributed by atoms with Crippen LogP contribution in [0.15, 0.2) is 42.1 Å². The zero-order chi connectivity index (χ0) is 12.4. The van der Waals surface area contributed by atoms with Gasteiger partial charge in [0.05, 0.1) is 0 Å². The van der Waals surface area contributed by atoms with Crippen molar-refractivity contribution in [1.82, 2.24) is 14.9 Å². The van der Waals surface area contributed by atoms with Gasteiger partial charge in [-0.1, -0.05) is 18.2 Å². The predicted molar refractivity (Wildman–Crippen MR) is 74.7 cm³/mol. The molecule has 1 aliphatic rings. The summed E-state index contributed by atoms with van der Waals surface area (Å²) in [5.74, 6) is 1.09. The summed E-state index contributed by atoms with van der Waals surface area (Å²) >= 11 is 1.79. The molecule has 1 N–H and O–H groups in total. The summed E-state index contributed by atoms with van der Waals surface area (Å²) in [4.78, 5) is 5.83. The highest BCUT2D eigenvalue weighted by atomic mass is 32.1. The van der Waals surface area contributed by atoms with Crippen molar-refractivity contribution in [2.24, 2.45) is 7.05 Å². The van der Waals surface area contributed by atoms with Crippen molar-refractivity contribution in [3.8, 4) is 0 Å². The molecule has 1 atom stereocenters. The van der Waals surface area contributed by atoms with Gasteiger partial charge in [-0.3, -0.25) is 5.32 Å². The fourth-order valence-corrected chi connectivity index (χ4v) is 3.16. The summed E-state index contributed by atoms with van der Waals surface area (Å²) in [6.07, 6.45) is 10.6. The smallest absolute Gasteiger partial charge is 0.131 e. The third-order valence-corrected chi connectivity index (χ3v) is 4.29. The Bertz CT molecular complexity index is 519. The van der Waals surface area contributed by atoms with Gasteiger partial charge < -0.3 is 4.57 Å². The van der Waals surface area contributed by atoms with E-state index in [4.69, 9.17) is 0 Å². The molecular formula is C14H17N3S. The van der Waals surface area contributed by atoms with Gasteiger partial charge in [-0.2, -0.15) is 0 Å². The maximum absolute atomic E-state index is 4.50. The van der Waals surface area contributed by atoms with Crippen molar-refractivity contribution in [3.05, 3.63) is 52.8 Å². The highest BCUT2D eigenvalue weighted by molar-refractivity contribution is 7.10. The van der Waals surface area contributed by atoms with E-state index in [0.717, 1.165) is 18.7 Å². The van der Waals surface area contributed by atoms with E-state index < -0.39 is 0 Å². The van der Waals surface area contributed by atoms with Crippen molar-refractivity contribution >= 4 is 11.3 Å². The number of thiophene rings is 1. The molecule has 2 aromatic rings. The van der Waals surface area contributed by atoms with Gasteiger partial charge in [0.1, 0.15) is 11.9 Å². The molecule has 94 valence electrons. The van der Waals surface area contributed by atoms with Gasteiger partial charge in [-0.15, -0.1) is 11.3 Å². The highest BCUT2D eigenvalue weighted by Crippen LogP contribution is 2.26. The summed E-state index contributed by atoms with van der Waals surface area (Å²) < 4.78 is 2.10. The van der Waals surface area contributed by atoms with Gasteiger partial charge in [-0.05, 0) is 24.3 Å². The summed E-state index contributed by atoms with van der Waals surface area (Å²) in [5.41, 5.74) is 0. The van der Waals surface area contributed by atoms with Crippen molar-refractivity contribution in [1.29, 1.82) is 0 Å². The molecule has 0 bridgehead atoms. The van der Waals surface area contributed by atoms with Crippen LogP contribution in [0.3, 0.4) is 0 Å². The quantitative estimate of drug-likeness (QED) is 0.856. The molecule has 0 aromatic carbocycles. The van der Waals surface area contributed by atoms with E-state index in [0.29, 0.717) is 6.04 Å². The van der Waals surface area contributed by atoms with Crippen LogP contribution in [0.5, 0.6) is 0 Å². The Morgan fingerprint density at radius 1 is 1.44 bits per heavy atom. The maximum atomic E-state index is 4.50. The maximum Gasteiger partial charge on any atom is 0.131 e. The van der Waals surface area contributed by atoms with Crippen LogP contribution < -0.4 is 5.32 Å². The fourth-order valence-electron chi connectivity index (χ4n) is 2.38. The van der Waals surface area contributed by atoms with E-state index in [9.17, 15) is 0 Å². The number of nitrogens with one attached hydrogen (secondary N) is 1. The Hall–Kier alpha value is -1.39. The average Bonchev–Trinajstić information content (AvgIpc) is 3.09. The number of hydrogen-bond acceptors (Lipinski definition) is 3. The second-order valence-corrected chi connectivity index (χ2v) is 5.63. The van der Waals surface area contributed by atoms with E-state index in [1.165, 1.54) is 4.88 Å². The first-order valence-electron chi connectivity index (χ1n) is 6.26. The molecule has 3 nitrogen and oxygen atoms in total. The van der Waals surface area contributed by atoms with Crippen molar-refractivity contribution in [2.75, 3.05) is 0 Å². The molecule has 0 saturated heterocycles. The lowest BCUT2D eigenvalue weighted by molar-refractivity contribution is 0.472. The largest absolute Gasteiger partial charge is 0.336 e. The Balaban J connectivity index is 1.86. The first-order valence-corrected chi connectivity index (χ1v) is 7.14. The summed E-state index contributed by atoms with van der Waals surface area (Å²) in [5, 5.41) is 5.85. The lowest BCUT2D eigenvalue weighted by Gasteiger charge is -2.21. The number of hydrogen-bond donors (Lipinski definition) is 1. The van der Waals surface area contributed by atoms with E-state index in [2.05, 4.69) is 51.6 Å². The molecule has 0 fully saturated rings. The van der Waals surface area contributed by atoms with Crippen LogP contribution in [0.4, 0.5) is 0 Å². The van der Waals surface area contributed by atoms with Gasteiger partial charge in [0.15, 0.2) is 0 Å². The topological polar surface area (TPSA) is 29.9 Å². The summed E-state index contributed by atoms with van der Waals surface area (Å²) in [7, 11) is 2.05. The monoisotopic (exact) mass is 259 g/mol. The normalized spacial score (nSPS) is 17.4. The zero-order valence-corrected chi connectivity index (χ0v) is 11.2. The van der Waals surface area contributed by atoms with Crippen LogP contribution in [-0.2, 0) is 7.05 Å². The molecular weight excluding hydrogens is 242 g/mol. The van der Waals surface area contributed by atoms with Gasteiger partial charge in [0.2, 0.25) is 0 Å². The van der Waals surface area contributed by atoms with Gasteiger partial charge in [0, 0.05) is 30.4 Å². The van der Waals surface area contributed by atoms with Gasteiger partial charge in [-0.25, -0.2) is 4.98 Å². The van der Waals surface area contributed by atoms with Crippen molar-refractivity contribution in [3.63, 3.8) is 0 Å². The van der Waals surface area contributed by atoms with Gasteiger partial charge in [0.25, 0.3) is 0 Å². The molecule has 0 radical (unpaired) electrons. The Morgan fingerprint density at radius 3 is 2.89 bits per heavy atom. The number of aryl methyl sites for hydroxylation is 1. The van der Waals surface area contributed by atoms with Gasteiger partial charge >= 0.3 is 0 Å². The van der Waals surface area contributed by atoms with Crippen molar-refractivity contribution in [2.45, 2.75) is 24.9 Å². The number of nitrogens with zero attached hydrogens (tertiary/aromatic N) is 2. The van der Waals surface area contributed by atoms with Crippen LogP contribution in [0.1, 0.15) is 29.6 Å². The second kappa shape index (κ2) is 5.08. The SMILES string of the molecule is Cn1ccnc1C(NC1CC=CC1)c1cccs1. The molecule has 1 aliphatic carbocycles. The first-order chi connectivity index (χ1) is 8.84. The van der Waals surface area contributed by atoms with Crippen LogP contribution in [0.25, 0.3) is 0 Å². The molecule has 4 heteroatoms. The molecule has 2 aromatic heterocycles. The average molecular weight is 259 g/mol. The fraction of sp³-hybridized carbons (Fsp3) is 0.357. The minimum atomic E-state index is 0.204. The number of aromatic nitrogens is 2. The molecule has 0 spiro atoms. The third kappa shape index (κ3) is 2.26. The molecule has 3 rings (SSSR count). The number of rotatable bonds is 4. The van der Waals surface area contributed by atoms with E-state index >= 15 is 0 Å². The van der Waals surface area contributed by atoms with E-state index in [1.54, 1.807) is 11.3 Å². The second-order valence-electron chi connectivity index (χ2n) is 4.65.